The number of nitrogens with zero attached hydrogens (tertiary/aromatic N) is 2. The third-order valence-corrected chi connectivity index (χ3v) is 4.54. The molecule has 122 valence electrons. The van der Waals surface area contributed by atoms with Crippen molar-refractivity contribution in [2.24, 2.45) is 5.92 Å². The minimum Gasteiger partial charge on any atom is -0.506 e. The van der Waals surface area contributed by atoms with Crippen molar-refractivity contribution in [3.8, 4) is 5.75 Å². The van der Waals surface area contributed by atoms with Crippen LogP contribution in [0.1, 0.15) is 31.9 Å². The van der Waals surface area contributed by atoms with Gasteiger partial charge in [-0.2, -0.15) is 0 Å². The maximum Gasteiger partial charge on any atom is 0.271 e. The van der Waals surface area contributed by atoms with E-state index in [4.69, 9.17) is 0 Å². The van der Waals surface area contributed by atoms with Crippen molar-refractivity contribution in [3.05, 3.63) is 32.3 Å². The van der Waals surface area contributed by atoms with Crippen LogP contribution in [0.4, 0.5) is 5.69 Å². The summed E-state index contributed by atoms with van der Waals surface area (Å²) in [5, 5.41) is 24.8. The van der Waals surface area contributed by atoms with E-state index in [1.807, 2.05) is 0 Å². The minimum atomic E-state index is -0.419. The van der Waals surface area contributed by atoms with Gasteiger partial charge in [0.1, 0.15) is 5.75 Å². The number of phenolic OH excluding ortho intramolecular Hbond substituents is 1. The summed E-state index contributed by atoms with van der Waals surface area (Å²) in [4.78, 5) is 13.0. The summed E-state index contributed by atoms with van der Waals surface area (Å²) in [5.74, 6) is 0.534. The van der Waals surface area contributed by atoms with E-state index in [1.165, 1.54) is 12.1 Å². The Morgan fingerprint density at radius 2 is 2.05 bits per heavy atom. The van der Waals surface area contributed by atoms with Crippen LogP contribution >= 0.6 is 15.9 Å². The van der Waals surface area contributed by atoms with Gasteiger partial charge in [-0.05, 0) is 28.3 Å². The maximum absolute atomic E-state index is 11.1. The number of halogens is 1. The number of nitro groups is 1. The van der Waals surface area contributed by atoms with Gasteiger partial charge in [-0.1, -0.05) is 13.8 Å². The summed E-state index contributed by atoms with van der Waals surface area (Å²) in [6.07, 6.45) is 0.848. The molecule has 0 aliphatic carbocycles. The lowest BCUT2D eigenvalue weighted by Crippen LogP contribution is -2.45. The number of non-ortho nitro benzene ring substituents is 1. The molecule has 1 heterocycles. The number of benzene rings is 1. The van der Waals surface area contributed by atoms with E-state index in [9.17, 15) is 15.2 Å². The lowest BCUT2D eigenvalue weighted by molar-refractivity contribution is -0.385. The zero-order valence-corrected chi connectivity index (χ0v) is 14.5. The average Bonchev–Trinajstić information content (AvgIpc) is 2.48. The molecule has 6 nitrogen and oxygen atoms in total. The van der Waals surface area contributed by atoms with Gasteiger partial charge >= 0.3 is 0 Å². The second-order valence-electron chi connectivity index (χ2n) is 6.05. The summed E-state index contributed by atoms with van der Waals surface area (Å²) in [7, 11) is 0. The molecular weight excluding hydrogens is 350 g/mol. The Morgan fingerprint density at radius 3 is 2.59 bits per heavy atom. The standard InChI is InChI=1S/C15H22BrN3O3/c1-10(2)7-14(18-5-3-17-4-6-18)12-8-11(19(21)22)9-13(16)15(12)20/h8-10,14,17,20H,3-7H2,1-2H3/t14-/m1/s1. The Balaban J connectivity index is 2.43. The first kappa shape index (κ1) is 17.2. The Labute approximate surface area is 138 Å². The summed E-state index contributed by atoms with van der Waals surface area (Å²) in [5.41, 5.74) is 0.639. The van der Waals surface area contributed by atoms with Crippen LogP contribution in [0.25, 0.3) is 0 Å². The first-order chi connectivity index (χ1) is 10.4. The Kier molecular flexibility index (Phi) is 5.77. The molecule has 0 bridgehead atoms. The number of phenols is 1. The Bertz CT molecular complexity index is 545. The molecule has 0 unspecified atom stereocenters. The molecule has 1 aromatic carbocycles. The highest BCUT2D eigenvalue weighted by Gasteiger charge is 2.28. The van der Waals surface area contributed by atoms with Gasteiger partial charge in [0.15, 0.2) is 0 Å². The number of hydrogen-bond donors (Lipinski definition) is 2. The number of rotatable bonds is 5. The highest BCUT2D eigenvalue weighted by molar-refractivity contribution is 9.10. The molecule has 1 aliphatic heterocycles. The highest BCUT2D eigenvalue weighted by atomic mass is 79.9. The molecule has 1 aliphatic rings. The lowest BCUT2D eigenvalue weighted by atomic mass is 9.94. The first-order valence-corrected chi connectivity index (χ1v) is 8.31. The van der Waals surface area contributed by atoms with Crippen LogP contribution in [-0.4, -0.2) is 41.1 Å². The molecule has 0 aromatic heterocycles. The average molecular weight is 372 g/mol. The summed E-state index contributed by atoms with van der Waals surface area (Å²) in [6.45, 7) is 7.78. The van der Waals surface area contributed by atoms with E-state index in [2.05, 4.69) is 40.0 Å². The third-order valence-electron chi connectivity index (χ3n) is 3.93. The Morgan fingerprint density at radius 1 is 1.41 bits per heavy atom. The highest BCUT2D eigenvalue weighted by Crippen LogP contribution is 2.40. The predicted molar refractivity (Wildman–Crippen MR) is 89.1 cm³/mol. The van der Waals surface area contributed by atoms with Crippen molar-refractivity contribution < 1.29 is 10.0 Å². The van der Waals surface area contributed by atoms with Crippen molar-refractivity contribution in [2.45, 2.75) is 26.3 Å². The summed E-state index contributed by atoms with van der Waals surface area (Å²) >= 11 is 3.24. The molecule has 2 rings (SSSR count). The second kappa shape index (κ2) is 7.39. The summed E-state index contributed by atoms with van der Waals surface area (Å²) in [6, 6.07) is 2.84. The zero-order chi connectivity index (χ0) is 16.3. The van der Waals surface area contributed by atoms with Gasteiger partial charge in [0, 0.05) is 49.9 Å². The molecule has 0 saturated carbocycles. The number of nitro benzene ring substituents is 1. The zero-order valence-electron chi connectivity index (χ0n) is 12.9. The number of piperazine rings is 1. The fourth-order valence-corrected chi connectivity index (χ4v) is 3.34. The molecule has 0 spiro atoms. The van der Waals surface area contributed by atoms with Crippen molar-refractivity contribution in [3.63, 3.8) is 0 Å². The van der Waals surface area contributed by atoms with Crippen molar-refractivity contribution >= 4 is 21.6 Å². The molecule has 1 fully saturated rings. The van der Waals surface area contributed by atoms with Gasteiger partial charge < -0.3 is 10.4 Å². The predicted octanol–water partition coefficient (Wildman–Crippen LogP) is 3.06. The van der Waals surface area contributed by atoms with Gasteiger partial charge in [0.05, 0.1) is 9.40 Å². The SMILES string of the molecule is CC(C)C[C@H](c1cc([N+](=O)[O-])cc(Br)c1O)N1CCNCC1. The van der Waals surface area contributed by atoms with Crippen LogP contribution in [-0.2, 0) is 0 Å². The quantitative estimate of drug-likeness (QED) is 0.614. The molecule has 22 heavy (non-hydrogen) atoms. The second-order valence-corrected chi connectivity index (χ2v) is 6.91. The molecule has 2 N–H and O–H groups in total. The number of aromatic hydroxyl groups is 1. The molecule has 1 saturated heterocycles. The molecule has 1 atom stereocenters. The van der Waals surface area contributed by atoms with Crippen LogP contribution in [0.2, 0.25) is 0 Å². The van der Waals surface area contributed by atoms with Crippen molar-refractivity contribution in [1.82, 2.24) is 10.2 Å². The topological polar surface area (TPSA) is 78.6 Å². The first-order valence-electron chi connectivity index (χ1n) is 7.51. The third kappa shape index (κ3) is 3.97. The molecule has 1 aromatic rings. The smallest absolute Gasteiger partial charge is 0.271 e. The van der Waals surface area contributed by atoms with E-state index in [-0.39, 0.29) is 17.5 Å². The van der Waals surface area contributed by atoms with Gasteiger partial charge in [-0.25, -0.2) is 0 Å². The molecular formula is C15H22BrN3O3. The summed E-state index contributed by atoms with van der Waals surface area (Å²) < 4.78 is 0.376. The molecule has 0 radical (unpaired) electrons. The van der Waals surface area contributed by atoms with E-state index < -0.39 is 4.92 Å². The number of hydrogen-bond acceptors (Lipinski definition) is 5. The fraction of sp³-hybridized carbons (Fsp3) is 0.600. The minimum absolute atomic E-state index is 0.00330. The Hall–Kier alpha value is -1.18. The van der Waals surface area contributed by atoms with E-state index in [1.54, 1.807) is 0 Å². The van der Waals surface area contributed by atoms with E-state index in [0.29, 0.717) is 16.0 Å². The molecule has 0 amide bonds. The van der Waals surface area contributed by atoms with Gasteiger partial charge in [0.2, 0.25) is 0 Å². The van der Waals surface area contributed by atoms with E-state index >= 15 is 0 Å². The van der Waals surface area contributed by atoms with Crippen LogP contribution in [0, 0.1) is 16.0 Å². The van der Waals surface area contributed by atoms with Crippen LogP contribution < -0.4 is 5.32 Å². The largest absolute Gasteiger partial charge is 0.506 e. The van der Waals surface area contributed by atoms with Gasteiger partial charge in [-0.15, -0.1) is 0 Å². The van der Waals surface area contributed by atoms with Crippen molar-refractivity contribution in [1.29, 1.82) is 0 Å². The normalized spacial score (nSPS) is 17.6. The number of nitrogens with one attached hydrogen (secondary N) is 1. The molecule has 7 heteroatoms. The monoisotopic (exact) mass is 371 g/mol. The van der Waals surface area contributed by atoms with Crippen molar-refractivity contribution in [2.75, 3.05) is 26.2 Å². The van der Waals surface area contributed by atoms with Crippen LogP contribution in [0.3, 0.4) is 0 Å². The fourth-order valence-electron chi connectivity index (χ4n) is 2.88. The van der Waals surface area contributed by atoms with Crippen LogP contribution in [0.15, 0.2) is 16.6 Å². The van der Waals surface area contributed by atoms with Crippen LogP contribution in [0.5, 0.6) is 5.75 Å². The van der Waals surface area contributed by atoms with E-state index in [0.717, 1.165) is 32.6 Å². The maximum atomic E-state index is 11.1. The lowest BCUT2D eigenvalue weighted by Gasteiger charge is -2.36. The van der Waals surface area contributed by atoms with Gasteiger partial charge in [0.25, 0.3) is 5.69 Å². The van der Waals surface area contributed by atoms with Gasteiger partial charge in [-0.3, -0.25) is 15.0 Å².